The van der Waals surface area contributed by atoms with Crippen LogP contribution in [0.2, 0.25) is 0 Å². The molecule has 0 fully saturated rings. The molecule has 0 spiro atoms. The van der Waals surface area contributed by atoms with Crippen molar-refractivity contribution in [2.24, 2.45) is 0 Å². The van der Waals surface area contributed by atoms with Gasteiger partial charge in [0.2, 0.25) is 5.91 Å². The molecule has 2 rings (SSSR count). The lowest BCUT2D eigenvalue weighted by molar-refractivity contribution is -0.123. The molecule has 5 heteroatoms. The van der Waals surface area contributed by atoms with Gasteiger partial charge in [0.05, 0.1) is 11.4 Å². The third-order valence-electron chi connectivity index (χ3n) is 3.47. The molecule has 110 valence electrons. The smallest absolute Gasteiger partial charge is 0.251 e. The highest BCUT2D eigenvalue weighted by Crippen LogP contribution is 2.22. The first-order valence-corrected chi connectivity index (χ1v) is 6.69. The van der Waals surface area contributed by atoms with Gasteiger partial charge in [-0.3, -0.25) is 14.2 Å². The van der Waals surface area contributed by atoms with Gasteiger partial charge in [0, 0.05) is 11.8 Å². The summed E-state index contributed by atoms with van der Waals surface area (Å²) in [6.07, 6.45) is 0. The third kappa shape index (κ3) is 2.81. The van der Waals surface area contributed by atoms with Gasteiger partial charge in [0.25, 0.3) is 5.56 Å². The van der Waals surface area contributed by atoms with E-state index in [1.54, 1.807) is 57.2 Å². The molecule has 0 aliphatic heterocycles. The molecule has 0 saturated heterocycles. The number of nitrogens with two attached hydrogens (primary N) is 1. The zero-order chi connectivity index (χ0) is 15.6. The zero-order valence-electron chi connectivity index (χ0n) is 12.4. The predicted molar refractivity (Wildman–Crippen MR) is 84.2 cm³/mol. The molecule has 0 saturated carbocycles. The van der Waals surface area contributed by atoms with Crippen LogP contribution in [0, 0.1) is 6.92 Å². The number of rotatable bonds is 3. The lowest BCUT2D eigenvalue weighted by Gasteiger charge is -2.28. The number of nitrogens with zero attached hydrogens (tertiary/aromatic N) is 1. The van der Waals surface area contributed by atoms with Gasteiger partial charge in [-0.25, -0.2) is 0 Å². The fraction of sp³-hybridized carbons (Fsp3) is 0.250. The number of hydrogen-bond acceptors (Lipinski definition) is 3. The van der Waals surface area contributed by atoms with Crippen LogP contribution in [-0.4, -0.2) is 10.5 Å². The summed E-state index contributed by atoms with van der Waals surface area (Å²) in [6.45, 7) is 5.21. The van der Waals surface area contributed by atoms with E-state index in [0.29, 0.717) is 11.4 Å². The highest BCUT2D eigenvalue weighted by atomic mass is 16.2. The second-order valence-corrected chi connectivity index (χ2v) is 5.44. The summed E-state index contributed by atoms with van der Waals surface area (Å²) in [5, 5.41) is 2.78. The molecule has 2 aromatic rings. The highest BCUT2D eigenvalue weighted by Gasteiger charge is 2.31. The fourth-order valence-corrected chi connectivity index (χ4v) is 2.30. The number of hydrogen-bond donors (Lipinski definition) is 2. The van der Waals surface area contributed by atoms with Crippen molar-refractivity contribution < 1.29 is 4.79 Å². The number of nitrogens with one attached hydrogen (secondary N) is 1. The van der Waals surface area contributed by atoms with Crippen LogP contribution in [0.4, 0.5) is 11.4 Å². The third-order valence-corrected chi connectivity index (χ3v) is 3.47. The summed E-state index contributed by atoms with van der Waals surface area (Å²) in [5.41, 5.74) is 6.34. The van der Waals surface area contributed by atoms with Crippen LogP contribution < -0.4 is 16.6 Å². The van der Waals surface area contributed by atoms with Crippen molar-refractivity contribution in [3.05, 3.63) is 58.5 Å². The number of anilines is 2. The topological polar surface area (TPSA) is 77.1 Å². The molecule has 0 radical (unpaired) electrons. The number of aryl methyl sites for hydroxylation is 1. The minimum Gasteiger partial charge on any atom is -0.397 e. The maximum atomic E-state index is 12.6. The van der Waals surface area contributed by atoms with E-state index in [1.165, 1.54) is 10.6 Å². The maximum absolute atomic E-state index is 12.6. The Labute approximate surface area is 123 Å². The van der Waals surface area contributed by atoms with Gasteiger partial charge >= 0.3 is 0 Å². The molecule has 1 amide bonds. The molecule has 5 nitrogen and oxygen atoms in total. The zero-order valence-corrected chi connectivity index (χ0v) is 12.4. The number of nitrogen functional groups attached to an aromatic ring is 1. The Morgan fingerprint density at radius 2 is 1.81 bits per heavy atom. The average Bonchev–Trinajstić information content (AvgIpc) is 2.40. The van der Waals surface area contributed by atoms with Crippen LogP contribution in [-0.2, 0) is 10.3 Å². The van der Waals surface area contributed by atoms with Crippen molar-refractivity contribution in [2.75, 3.05) is 11.1 Å². The molecule has 0 aliphatic carbocycles. The fourth-order valence-electron chi connectivity index (χ4n) is 2.30. The summed E-state index contributed by atoms with van der Waals surface area (Å²) in [5.74, 6) is -0.295. The molecule has 1 heterocycles. The Kier molecular flexibility index (Phi) is 3.84. The number of amides is 1. The number of para-hydroxylation sites is 2. The van der Waals surface area contributed by atoms with Crippen LogP contribution in [0.15, 0.2) is 47.3 Å². The molecular weight excluding hydrogens is 266 g/mol. The molecular formula is C16H19N3O2. The van der Waals surface area contributed by atoms with Crippen molar-refractivity contribution in [1.29, 1.82) is 0 Å². The van der Waals surface area contributed by atoms with E-state index in [-0.39, 0.29) is 11.5 Å². The first-order valence-electron chi connectivity index (χ1n) is 6.69. The molecule has 1 aromatic heterocycles. The minimum absolute atomic E-state index is 0.212. The summed E-state index contributed by atoms with van der Waals surface area (Å²) in [4.78, 5) is 24.6. The Morgan fingerprint density at radius 3 is 2.43 bits per heavy atom. The number of benzene rings is 1. The van der Waals surface area contributed by atoms with Gasteiger partial charge in [-0.15, -0.1) is 0 Å². The van der Waals surface area contributed by atoms with Gasteiger partial charge in [0.15, 0.2) is 0 Å². The predicted octanol–water partition coefficient (Wildman–Crippen LogP) is 2.11. The first-order chi connectivity index (χ1) is 9.84. The number of carbonyl (C=O) groups excluding carboxylic acids is 1. The summed E-state index contributed by atoms with van der Waals surface area (Å²) in [6, 6.07) is 11.9. The van der Waals surface area contributed by atoms with E-state index < -0.39 is 5.54 Å². The van der Waals surface area contributed by atoms with Crippen molar-refractivity contribution >= 4 is 17.3 Å². The number of aromatic nitrogens is 1. The lowest BCUT2D eigenvalue weighted by atomic mass is 10.0. The van der Waals surface area contributed by atoms with Gasteiger partial charge < -0.3 is 11.1 Å². The number of pyridine rings is 1. The van der Waals surface area contributed by atoms with E-state index in [4.69, 9.17) is 5.73 Å². The highest BCUT2D eigenvalue weighted by molar-refractivity contribution is 5.98. The van der Waals surface area contributed by atoms with Crippen molar-refractivity contribution in [2.45, 2.75) is 26.3 Å². The molecule has 3 N–H and O–H groups in total. The van der Waals surface area contributed by atoms with Gasteiger partial charge in [-0.05, 0) is 39.0 Å². The molecule has 21 heavy (non-hydrogen) atoms. The summed E-state index contributed by atoms with van der Waals surface area (Å²) < 4.78 is 1.47. The van der Waals surface area contributed by atoms with E-state index in [1.807, 2.05) is 0 Å². The lowest BCUT2D eigenvalue weighted by Crippen LogP contribution is -2.46. The van der Waals surface area contributed by atoms with Gasteiger partial charge in [-0.1, -0.05) is 18.2 Å². The van der Waals surface area contributed by atoms with Crippen LogP contribution in [0.3, 0.4) is 0 Å². The molecule has 0 atom stereocenters. The Bertz CT molecular complexity index is 732. The van der Waals surface area contributed by atoms with Crippen LogP contribution in [0.25, 0.3) is 0 Å². The molecule has 0 unspecified atom stereocenters. The Morgan fingerprint density at radius 1 is 1.14 bits per heavy atom. The summed E-state index contributed by atoms with van der Waals surface area (Å²) in [7, 11) is 0. The monoisotopic (exact) mass is 285 g/mol. The Balaban J connectivity index is 2.38. The number of carbonyl (C=O) groups is 1. The maximum Gasteiger partial charge on any atom is 0.251 e. The van der Waals surface area contributed by atoms with Crippen molar-refractivity contribution in [3.63, 3.8) is 0 Å². The average molecular weight is 285 g/mol. The first kappa shape index (κ1) is 14.8. The second-order valence-electron chi connectivity index (χ2n) is 5.44. The van der Waals surface area contributed by atoms with Gasteiger partial charge in [0.1, 0.15) is 5.54 Å². The van der Waals surface area contributed by atoms with Crippen LogP contribution >= 0.6 is 0 Å². The van der Waals surface area contributed by atoms with Crippen molar-refractivity contribution in [3.8, 4) is 0 Å². The largest absolute Gasteiger partial charge is 0.397 e. The van der Waals surface area contributed by atoms with Gasteiger partial charge in [-0.2, -0.15) is 0 Å². The van der Waals surface area contributed by atoms with E-state index in [0.717, 1.165) is 5.69 Å². The molecule has 0 bridgehead atoms. The van der Waals surface area contributed by atoms with Crippen molar-refractivity contribution in [1.82, 2.24) is 4.57 Å². The SMILES string of the molecule is Cc1cccc(=O)n1C(C)(C)C(=O)Nc1ccccc1N. The van der Waals surface area contributed by atoms with Crippen LogP contribution in [0.1, 0.15) is 19.5 Å². The Hall–Kier alpha value is -2.56. The van der Waals surface area contributed by atoms with E-state index >= 15 is 0 Å². The molecule has 1 aromatic carbocycles. The van der Waals surface area contributed by atoms with E-state index in [9.17, 15) is 9.59 Å². The minimum atomic E-state index is -1.02. The normalized spacial score (nSPS) is 11.2. The van der Waals surface area contributed by atoms with Crippen LogP contribution in [0.5, 0.6) is 0 Å². The quantitative estimate of drug-likeness (QED) is 0.848. The molecule has 0 aliphatic rings. The standard InChI is InChI=1S/C16H19N3O2/c1-11-7-6-10-14(20)19(11)16(2,3)15(21)18-13-9-5-4-8-12(13)17/h4-10H,17H2,1-3H3,(H,18,21). The van der Waals surface area contributed by atoms with E-state index in [2.05, 4.69) is 5.32 Å². The summed E-state index contributed by atoms with van der Waals surface area (Å²) >= 11 is 0. The second kappa shape index (κ2) is 5.44.